The van der Waals surface area contributed by atoms with E-state index in [0.717, 1.165) is 6.07 Å². The molecule has 7 heteroatoms. The van der Waals surface area contributed by atoms with E-state index in [2.05, 4.69) is 21.8 Å². The summed E-state index contributed by atoms with van der Waals surface area (Å²) in [5.74, 6) is 2.49. The van der Waals surface area contributed by atoms with Gasteiger partial charge in [-0.05, 0) is 33.8 Å². The van der Waals surface area contributed by atoms with Gasteiger partial charge >= 0.3 is 0 Å². The molecule has 0 saturated carbocycles. The molecule has 126 valence electrons. The van der Waals surface area contributed by atoms with Crippen molar-refractivity contribution >= 4 is 11.8 Å². The second-order valence-corrected chi connectivity index (χ2v) is 5.96. The summed E-state index contributed by atoms with van der Waals surface area (Å²) in [6, 6.07) is 0.956. The summed E-state index contributed by atoms with van der Waals surface area (Å²) in [6.07, 6.45) is 0. The first-order valence-electron chi connectivity index (χ1n) is 7.12. The maximum absolute atomic E-state index is 14.2. The number of rotatable bonds is 1. The average Bonchev–Trinajstić information content (AvgIpc) is 2.47. The minimum absolute atomic E-state index is 0.0172. The van der Waals surface area contributed by atoms with Crippen LogP contribution in [0.5, 0.6) is 0 Å². The molecule has 0 saturated heterocycles. The molecule has 4 N–H and O–H groups in total. The first-order valence-corrected chi connectivity index (χ1v) is 7.12. The normalized spacial score (nSPS) is 11.1. The lowest BCUT2D eigenvalue weighted by Crippen LogP contribution is -2.19. The first kappa shape index (κ1) is 17.6. The van der Waals surface area contributed by atoms with Crippen LogP contribution in [0.4, 0.5) is 24.9 Å². The van der Waals surface area contributed by atoms with Crippen molar-refractivity contribution in [2.24, 2.45) is 0 Å². The number of nitrogen functional groups attached to an aromatic ring is 2. The molecule has 0 fully saturated rings. The largest absolute Gasteiger partial charge is 0.382 e. The number of anilines is 2. The Balaban J connectivity index is 2.56. The molecule has 0 amide bonds. The molecule has 0 atom stereocenters. The van der Waals surface area contributed by atoms with Crippen LogP contribution in [0, 0.1) is 43.1 Å². The van der Waals surface area contributed by atoms with Gasteiger partial charge in [0, 0.05) is 11.1 Å². The molecule has 1 heterocycles. The Labute approximate surface area is 138 Å². The molecule has 2 aromatic rings. The van der Waals surface area contributed by atoms with E-state index >= 15 is 0 Å². The fraction of sp³-hybridized carbons (Fsp3) is 0.294. The van der Waals surface area contributed by atoms with Crippen molar-refractivity contribution in [1.29, 1.82) is 0 Å². The zero-order valence-corrected chi connectivity index (χ0v) is 13.8. The van der Waals surface area contributed by atoms with Crippen LogP contribution >= 0.6 is 0 Å². The molecular weight excluding hydrogens is 317 g/mol. The monoisotopic (exact) mass is 334 g/mol. The minimum Gasteiger partial charge on any atom is -0.382 e. The molecule has 0 bridgehead atoms. The Morgan fingerprint density at radius 1 is 1.04 bits per heavy atom. The SMILES string of the molecule is Cc1nc(N)nc(N)c1C#CC(C)(C)c1cc(F)c(C)c(F)c1F. The Kier molecular flexibility index (Phi) is 4.43. The van der Waals surface area contributed by atoms with E-state index in [0.29, 0.717) is 11.3 Å². The third-order valence-corrected chi connectivity index (χ3v) is 3.70. The summed E-state index contributed by atoms with van der Waals surface area (Å²) in [5.41, 5.74) is 10.3. The highest BCUT2D eigenvalue weighted by Crippen LogP contribution is 2.29. The number of nitrogens with two attached hydrogens (primary N) is 2. The van der Waals surface area contributed by atoms with Crippen LogP contribution in [0.25, 0.3) is 0 Å². The van der Waals surface area contributed by atoms with Crippen LogP contribution < -0.4 is 11.5 Å². The average molecular weight is 334 g/mol. The van der Waals surface area contributed by atoms with Crippen molar-refractivity contribution in [2.45, 2.75) is 33.1 Å². The second-order valence-electron chi connectivity index (χ2n) is 5.96. The van der Waals surface area contributed by atoms with Gasteiger partial charge in [0.15, 0.2) is 11.6 Å². The van der Waals surface area contributed by atoms with Gasteiger partial charge in [-0.15, -0.1) is 0 Å². The van der Waals surface area contributed by atoms with Crippen molar-refractivity contribution in [3.05, 3.63) is 45.9 Å². The van der Waals surface area contributed by atoms with E-state index < -0.39 is 22.9 Å². The van der Waals surface area contributed by atoms with Gasteiger partial charge in [0.25, 0.3) is 0 Å². The highest BCUT2D eigenvalue weighted by atomic mass is 19.2. The van der Waals surface area contributed by atoms with Crippen LogP contribution in [0.3, 0.4) is 0 Å². The zero-order chi connectivity index (χ0) is 18.2. The minimum atomic E-state index is -1.22. The molecule has 2 rings (SSSR count). The number of aromatic nitrogens is 2. The predicted molar refractivity (Wildman–Crippen MR) is 86.6 cm³/mol. The quantitative estimate of drug-likeness (QED) is 0.621. The number of aryl methyl sites for hydroxylation is 1. The summed E-state index contributed by atoms with van der Waals surface area (Å²) in [5, 5.41) is 0. The lowest BCUT2D eigenvalue weighted by molar-refractivity contribution is 0.461. The number of hydrogen-bond acceptors (Lipinski definition) is 4. The molecule has 0 unspecified atom stereocenters. The Bertz CT molecular complexity index is 857. The summed E-state index contributed by atoms with van der Waals surface area (Å²) in [6.45, 7) is 5.93. The van der Waals surface area contributed by atoms with E-state index in [4.69, 9.17) is 11.5 Å². The number of benzene rings is 1. The van der Waals surface area contributed by atoms with Crippen LogP contribution in [0.1, 0.15) is 36.2 Å². The number of halogens is 3. The van der Waals surface area contributed by atoms with Crippen molar-refractivity contribution in [3.8, 4) is 11.8 Å². The van der Waals surface area contributed by atoms with Crippen LogP contribution in [-0.2, 0) is 5.41 Å². The van der Waals surface area contributed by atoms with E-state index in [1.54, 1.807) is 20.8 Å². The van der Waals surface area contributed by atoms with Gasteiger partial charge in [0.05, 0.1) is 16.7 Å². The van der Waals surface area contributed by atoms with Crippen LogP contribution in [0.15, 0.2) is 6.07 Å². The summed E-state index contributed by atoms with van der Waals surface area (Å²) in [7, 11) is 0. The van der Waals surface area contributed by atoms with E-state index in [9.17, 15) is 13.2 Å². The van der Waals surface area contributed by atoms with Gasteiger partial charge in [0.2, 0.25) is 5.95 Å². The molecule has 0 radical (unpaired) electrons. The number of hydrogen-bond donors (Lipinski definition) is 2. The van der Waals surface area contributed by atoms with E-state index in [1.165, 1.54) is 6.92 Å². The van der Waals surface area contributed by atoms with Gasteiger partial charge in [-0.3, -0.25) is 0 Å². The van der Waals surface area contributed by atoms with Gasteiger partial charge < -0.3 is 11.5 Å². The second kappa shape index (κ2) is 6.04. The van der Waals surface area contributed by atoms with Crippen molar-refractivity contribution in [3.63, 3.8) is 0 Å². The molecule has 0 aliphatic carbocycles. The summed E-state index contributed by atoms with van der Waals surface area (Å²) >= 11 is 0. The van der Waals surface area contributed by atoms with Crippen LogP contribution in [0.2, 0.25) is 0 Å². The third kappa shape index (κ3) is 3.13. The fourth-order valence-corrected chi connectivity index (χ4v) is 2.20. The van der Waals surface area contributed by atoms with Gasteiger partial charge in [0.1, 0.15) is 11.6 Å². The highest BCUT2D eigenvalue weighted by Gasteiger charge is 2.27. The molecular formula is C17H17F3N4. The van der Waals surface area contributed by atoms with E-state index in [1.807, 2.05) is 0 Å². The van der Waals surface area contributed by atoms with Gasteiger partial charge in [-0.25, -0.2) is 18.2 Å². The molecule has 0 spiro atoms. The standard InChI is InChI=1S/C17H17F3N4/c1-8-12(18)7-11(14(20)13(8)19)17(3,4)6-5-10-9(2)23-16(22)24-15(10)21/h7H,1-4H3,(H4,21,22,23,24). The Hall–Kier alpha value is -2.75. The fourth-order valence-electron chi connectivity index (χ4n) is 2.20. The zero-order valence-electron chi connectivity index (χ0n) is 13.8. The molecule has 0 aliphatic heterocycles. The lowest BCUT2D eigenvalue weighted by atomic mass is 9.84. The maximum Gasteiger partial charge on any atom is 0.222 e. The molecule has 1 aromatic carbocycles. The third-order valence-electron chi connectivity index (χ3n) is 3.70. The van der Waals surface area contributed by atoms with Crippen molar-refractivity contribution in [2.75, 3.05) is 11.5 Å². The molecule has 0 aliphatic rings. The van der Waals surface area contributed by atoms with Crippen molar-refractivity contribution in [1.82, 2.24) is 9.97 Å². The molecule has 1 aromatic heterocycles. The first-order chi connectivity index (χ1) is 11.0. The molecule has 4 nitrogen and oxygen atoms in total. The van der Waals surface area contributed by atoms with Crippen LogP contribution in [-0.4, -0.2) is 9.97 Å². The maximum atomic E-state index is 14.2. The lowest BCUT2D eigenvalue weighted by Gasteiger charge is -2.20. The van der Waals surface area contributed by atoms with E-state index in [-0.39, 0.29) is 22.9 Å². The summed E-state index contributed by atoms with van der Waals surface area (Å²) in [4.78, 5) is 7.77. The van der Waals surface area contributed by atoms with Gasteiger partial charge in [-0.1, -0.05) is 11.8 Å². The number of nitrogens with zero attached hydrogens (tertiary/aromatic N) is 2. The smallest absolute Gasteiger partial charge is 0.222 e. The highest BCUT2D eigenvalue weighted by molar-refractivity contribution is 5.56. The molecule has 24 heavy (non-hydrogen) atoms. The Morgan fingerprint density at radius 3 is 2.25 bits per heavy atom. The van der Waals surface area contributed by atoms with Gasteiger partial charge in [-0.2, -0.15) is 4.98 Å². The topological polar surface area (TPSA) is 77.8 Å². The van der Waals surface area contributed by atoms with Crippen molar-refractivity contribution < 1.29 is 13.2 Å². The Morgan fingerprint density at radius 2 is 1.67 bits per heavy atom. The predicted octanol–water partition coefficient (Wildman–Crippen LogP) is 3.00. The summed E-state index contributed by atoms with van der Waals surface area (Å²) < 4.78 is 41.8.